The SMILES string of the molecule is COc1ccc(N(N)C=N)c(CNS/C(N)=C/N(N)Cc2cn3cc(C4CC4)ccc3n2)c1F. The maximum absolute atomic E-state index is 14.8. The first kappa shape index (κ1) is 23.8. The van der Waals surface area contributed by atoms with Crippen LogP contribution in [-0.2, 0) is 13.1 Å². The molecule has 0 aliphatic heterocycles. The Bertz CT molecular complexity index is 1210. The predicted molar refractivity (Wildman–Crippen MR) is 132 cm³/mol. The second-order valence-electron chi connectivity index (χ2n) is 7.98. The number of methoxy groups -OCH3 is 1. The van der Waals surface area contributed by atoms with Crippen molar-refractivity contribution in [2.75, 3.05) is 12.1 Å². The Hall–Kier alpha value is -3.32. The number of anilines is 1. The van der Waals surface area contributed by atoms with Crippen LogP contribution in [0.3, 0.4) is 0 Å². The molecule has 10 nitrogen and oxygen atoms in total. The van der Waals surface area contributed by atoms with Gasteiger partial charge in [0.1, 0.15) is 12.0 Å². The van der Waals surface area contributed by atoms with Gasteiger partial charge in [-0.05, 0) is 54.5 Å². The molecule has 0 amide bonds. The molecule has 0 saturated heterocycles. The molecular weight excluding hydrogens is 457 g/mol. The third-order valence-corrected chi connectivity index (χ3v) is 6.10. The summed E-state index contributed by atoms with van der Waals surface area (Å²) in [5.41, 5.74) is 9.67. The second-order valence-corrected chi connectivity index (χ2v) is 8.94. The summed E-state index contributed by atoms with van der Waals surface area (Å²) in [6, 6.07) is 7.19. The number of ether oxygens (including phenoxy) is 1. The summed E-state index contributed by atoms with van der Waals surface area (Å²) in [6.45, 7) is 0.456. The highest BCUT2D eigenvalue weighted by Crippen LogP contribution is 2.39. The van der Waals surface area contributed by atoms with Gasteiger partial charge in [0, 0.05) is 30.7 Å². The van der Waals surface area contributed by atoms with E-state index in [1.165, 1.54) is 36.6 Å². The van der Waals surface area contributed by atoms with Crippen LogP contribution in [0.25, 0.3) is 5.65 Å². The van der Waals surface area contributed by atoms with Gasteiger partial charge in [-0.15, -0.1) is 0 Å². The van der Waals surface area contributed by atoms with E-state index in [9.17, 15) is 4.39 Å². The predicted octanol–water partition coefficient (Wildman–Crippen LogP) is 2.52. The monoisotopic (exact) mass is 485 g/mol. The smallest absolute Gasteiger partial charge is 0.171 e. The van der Waals surface area contributed by atoms with Crippen molar-refractivity contribution >= 4 is 29.6 Å². The maximum atomic E-state index is 14.8. The molecule has 1 aliphatic carbocycles. The van der Waals surface area contributed by atoms with Gasteiger partial charge in [0.15, 0.2) is 11.6 Å². The van der Waals surface area contributed by atoms with Crippen LogP contribution in [0.15, 0.2) is 47.9 Å². The number of halogens is 1. The Morgan fingerprint density at radius 1 is 1.32 bits per heavy atom. The molecule has 34 heavy (non-hydrogen) atoms. The van der Waals surface area contributed by atoms with Crippen molar-refractivity contribution in [2.24, 2.45) is 17.4 Å². The molecule has 0 bridgehead atoms. The fourth-order valence-corrected chi connectivity index (χ4v) is 4.21. The van der Waals surface area contributed by atoms with Gasteiger partial charge in [0.25, 0.3) is 0 Å². The first-order valence-corrected chi connectivity index (χ1v) is 11.5. The lowest BCUT2D eigenvalue weighted by Crippen LogP contribution is -2.30. The minimum Gasteiger partial charge on any atom is -0.494 e. The van der Waals surface area contributed by atoms with E-state index in [-0.39, 0.29) is 17.9 Å². The Labute approximate surface area is 201 Å². The molecule has 2 heterocycles. The number of imidazole rings is 1. The fraction of sp³-hybridized carbons (Fsp3) is 0.273. The Kier molecular flexibility index (Phi) is 7.22. The zero-order chi connectivity index (χ0) is 24.2. The minimum atomic E-state index is -0.565. The Morgan fingerprint density at radius 2 is 2.12 bits per heavy atom. The van der Waals surface area contributed by atoms with Gasteiger partial charge in [-0.3, -0.25) is 15.1 Å². The van der Waals surface area contributed by atoms with Crippen molar-refractivity contribution in [3.8, 4) is 5.75 Å². The molecule has 0 unspecified atom stereocenters. The lowest BCUT2D eigenvalue weighted by molar-refractivity contribution is 0.381. The van der Waals surface area contributed by atoms with E-state index < -0.39 is 5.82 Å². The largest absolute Gasteiger partial charge is 0.494 e. The molecule has 2 aromatic heterocycles. The molecule has 1 aromatic carbocycles. The van der Waals surface area contributed by atoms with E-state index in [2.05, 4.69) is 22.0 Å². The van der Waals surface area contributed by atoms with Gasteiger partial charge in [0.2, 0.25) is 0 Å². The van der Waals surface area contributed by atoms with Crippen LogP contribution >= 0.6 is 11.9 Å². The highest BCUT2D eigenvalue weighted by molar-refractivity contribution is 8.01. The highest BCUT2D eigenvalue weighted by Gasteiger charge is 2.23. The molecule has 1 fully saturated rings. The van der Waals surface area contributed by atoms with Crippen LogP contribution in [0.5, 0.6) is 5.75 Å². The van der Waals surface area contributed by atoms with Crippen molar-refractivity contribution in [1.29, 1.82) is 5.41 Å². The molecule has 0 atom stereocenters. The minimum absolute atomic E-state index is 0.0808. The number of nitrogens with two attached hydrogens (primary N) is 3. The van der Waals surface area contributed by atoms with Crippen molar-refractivity contribution < 1.29 is 9.13 Å². The van der Waals surface area contributed by atoms with Crippen LogP contribution in [-0.4, -0.2) is 27.8 Å². The van der Waals surface area contributed by atoms with Crippen molar-refractivity contribution in [2.45, 2.75) is 31.8 Å². The zero-order valence-corrected chi connectivity index (χ0v) is 19.6. The van der Waals surface area contributed by atoms with Gasteiger partial charge in [-0.2, -0.15) is 0 Å². The number of benzene rings is 1. The Balaban J connectivity index is 1.36. The average molecular weight is 486 g/mol. The number of hydrogen-bond donors (Lipinski definition) is 5. The molecule has 1 aliphatic rings. The zero-order valence-electron chi connectivity index (χ0n) is 18.7. The molecule has 1 saturated carbocycles. The van der Waals surface area contributed by atoms with E-state index in [0.29, 0.717) is 23.2 Å². The number of aromatic nitrogens is 2. The first-order valence-electron chi connectivity index (χ1n) is 10.7. The molecular formula is C22H28FN9OS. The Morgan fingerprint density at radius 3 is 2.82 bits per heavy atom. The van der Waals surface area contributed by atoms with Crippen molar-refractivity contribution in [3.63, 3.8) is 0 Å². The van der Waals surface area contributed by atoms with Crippen LogP contribution in [0.1, 0.15) is 35.6 Å². The number of pyridine rings is 1. The summed E-state index contributed by atoms with van der Waals surface area (Å²) in [5.74, 6) is 12.1. The fourth-order valence-electron chi connectivity index (χ4n) is 3.64. The van der Waals surface area contributed by atoms with Gasteiger partial charge in [-0.25, -0.2) is 21.1 Å². The number of rotatable bonds is 11. The molecule has 0 spiro atoms. The summed E-state index contributed by atoms with van der Waals surface area (Å²) in [4.78, 5) is 4.60. The van der Waals surface area contributed by atoms with E-state index >= 15 is 0 Å². The number of nitrogens with zero attached hydrogens (tertiary/aromatic N) is 4. The highest BCUT2D eigenvalue weighted by atomic mass is 32.2. The van der Waals surface area contributed by atoms with Gasteiger partial charge >= 0.3 is 0 Å². The lowest BCUT2D eigenvalue weighted by Gasteiger charge is -2.19. The number of hydrogen-bond acceptors (Lipinski definition) is 9. The number of nitrogens with one attached hydrogen (secondary N) is 2. The van der Waals surface area contributed by atoms with E-state index in [4.69, 9.17) is 27.6 Å². The van der Waals surface area contributed by atoms with E-state index in [1.807, 2.05) is 16.7 Å². The second kappa shape index (κ2) is 10.3. The lowest BCUT2D eigenvalue weighted by atomic mass is 10.1. The van der Waals surface area contributed by atoms with Crippen LogP contribution in [0.2, 0.25) is 0 Å². The molecule has 12 heteroatoms. The third kappa shape index (κ3) is 5.42. The van der Waals surface area contributed by atoms with Crippen LogP contribution < -0.4 is 31.9 Å². The molecule has 8 N–H and O–H groups in total. The van der Waals surface area contributed by atoms with E-state index in [1.54, 1.807) is 12.3 Å². The maximum Gasteiger partial charge on any atom is 0.171 e. The third-order valence-electron chi connectivity index (χ3n) is 5.47. The quantitative estimate of drug-likeness (QED) is 0.0908. The summed E-state index contributed by atoms with van der Waals surface area (Å²) in [5, 5.41) is 10.2. The van der Waals surface area contributed by atoms with Crippen LogP contribution in [0, 0.1) is 11.2 Å². The molecule has 4 rings (SSSR count). The van der Waals surface area contributed by atoms with Crippen molar-refractivity contribution in [3.05, 3.63) is 70.5 Å². The van der Waals surface area contributed by atoms with Gasteiger partial charge in [0.05, 0.1) is 30.1 Å². The standard InChI is InChI=1S/C22H28FN9OS/c1-33-19-6-5-18(32(27)13-24)17(22(19)23)8-28-34-20(25)12-31(26)11-16-10-30-9-15(14-2-3-14)4-7-21(30)29-16/h4-7,9-10,12-14,24,28H,2-3,8,11,25-27H2,1H3/b20-12+,24-13?. The van der Waals surface area contributed by atoms with Gasteiger partial charge in [-0.1, -0.05) is 6.07 Å². The summed E-state index contributed by atoms with van der Waals surface area (Å²) < 4.78 is 24.8. The summed E-state index contributed by atoms with van der Waals surface area (Å²) >= 11 is 1.10. The number of hydrazine groups is 2. The van der Waals surface area contributed by atoms with Crippen LogP contribution in [0.4, 0.5) is 10.1 Å². The molecule has 0 radical (unpaired) electrons. The topological polar surface area (TPSA) is 147 Å². The number of fused-ring (bicyclic) bond motifs is 1. The van der Waals surface area contributed by atoms with Crippen molar-refractivity contribution in [1.82, 2.24) is 19.1 Å². The first-order chi connectivity index (χ1) is 16.4. The summed E-state index contributed by atoms with van der Waals surface area (Å²) in [6.07, 6.45) is 9.06. The summed E-state index contributed by atoms with van der Waals surface area (Å²) in [7, 11) is 1.38. The molecule has 180 valence electrons. The molecule has 3 aromatic rings. The normalized spacial score (nSPS) is 13.8. The average Bonchev–Trinajstić information content (AvgIpc) is 3.59. The van der Waals surface area contributed by atoms with Gasteiger partial charge < -0.3 is 19.9 Å². The van der Waals surface area contributed by atoms with E-state index in [0.717, 1.165) is 34.6 Å².